The molecule has 0 aromatic rings. The van der Waals surface area contributed by atoms with Crippen molar-refractivity contribution in [3.63, 3.8) is 0 Å². The van der Waals surface area contributed by atoms with Crippen LogP contribution in [0, 0.1) is 5.92 Å². The fourth-order valence-electron chi connectivity index (χ4n) is 1.16. The number of carbonyl (C=O) groups is 1. The summed E-state index contributed by atoms with van der Waals surface area (Å²) in [5, 5.41) is 8.75. The van der Waals surface area contributed by atoms with Gasteiger partial charge in [-0.15, -0.1) is 11.6 Å². The first-order valence-corrected chi connectivity index (χ1v) is 5.67. The van der Waals surface area contributed by atoms with Crippen molar-refractivity contribution in [2.24, 2.45) is 5.92 Å². The summed E-state index contributed by atoms with van der Waals surface area (Å²) in [5.41, 5.74) is 0. The van der Waals surface area contributed by atoms with E-state index >= 15 is 0 Å². The van der Waals surface area contributed by atoms with Gasteiger partial charge in [0.05, 0.1) is 26.0 Å². The van der Waals surface area contributed by atoms with Gasteiger partial charge in [-0.1, -0.05) is 46.4 Å². The highest BCUT2D eigenvalue weighted by Gasteiger charge is 2.51. The zero-order valence-corrected chi connectivity index (χ0v) is 11.1. The van der Waals surface area contributed by atoms with Gasteiger partial charge in [-0.3, -0.25) is 4.79 Å². The smallest absolute Gasteiger partial charge is 0.308 e. The lowest BCUT2D eigenvalue weighted by atomic mass is 9.94. The van der Waals surface area contributed by atoms with E-state index in [-0.39, 0.29) is 20.1 Å². The van der Waals surface area contributed by atoms with Gasteiger partial charge in [-0.2, -0.15) is 0 Å². The van der Waals surface area contributed by atoms with Crippen LogP contribution >= 0.6 is 58.0 Å². The largest absolute Gasteiger partial charge is 0.481 e. The Hall–Kier alpha value is 0.400. The predicted octanol–water partition coefficient (Wildman–Crippen LogP) is 4.08. The van der Waals surface area contributed by atoms with Crippen LogP contribution in [-0.4, -0.2) is 16.0 Å². The molecule has 1 rings (SSSR count). The molecule has 2 nitrogen and oxygen atoms in total. The van der Waals surface area contributed by atoms with Crippen molar-refractivity contribution in [2.45, 2.75) is 11.8 Å². The minimum absolute atomic E-state index is 0.00793. The molecule has 0 aliphatic heterocycles. The third kappa shape index (κ3) is 1.87. The fourth-order valence-corrected chi connectivity index (χ4v) is 2.88. The van der Waals surface area contributed by atoms with Crippen molar-refractivity contribution in [3.8, 4) is 0 Å². The molecule has 1 unspecified atom stereocenters. The molecule has 0 heterocycles. The fraction of sp³-hybridized carbons (Fsp3) is 0.375. The summed E-state index contributed by atoms with van der Waals surface area (Å²) in [6.45, 7) is 1.37. The van der Waals surface area contributed by atoms with Crippen LogP contribution in [0.25, 0.3) is 0 Å². The van der Waals surface area contributed by atoms with E-state index in [9.17, 15) is 4.79 Å². The summed E-state index contributed by atoms with van der Waals surface area (Å²) in [6, 6.07) is 0. The van der Waals surface area contributed by atoms with Gasteiger partial charge < -0.3 is 5.11 Å². The van der Waals surface area contributed by atoms with Crippen molar-refractivity contribution in [1.29, 1.82) is 0 Å². The molecule has 0 saturated carbocycles. The Bertz CT molecular complexity index is 360. The third-order valence-electron chi connectivity index (χ3n) is 2.18. The lowest BCUT2D eigenvalue weighted by Gasteiger charge is -2.26. The van der Waals surface area contributed by atoms with Gasteiger partial charge in [0.2, 0.25) is 0 Å². The van der Waals surface area contributed by atoms with Crippen LogP contribution in [0.15, 0.2) is 20.1 Å². The van der Waals surface area contributed by atoms with Crippen molar-refractivity contribution in [1.82, 2.24) is 0 Å². The second-order valence-corrected chi connectivity index (χ2v) is 5.14. The average Bonchev–Trinajstić information content (AvgIpc) is 2.34. The van der Waals surface area contributed by atoms with Crippen molar-refractivity contribution in [3.05, 3.63) is 20.1 Å². The molecule has 0 amide bonds. The Balaban J connectivity index is 3.33. The first-order chi connectivity index (χ1) is 6.74. The SMILES string of the molecule is CC(C(=O)O)C1(Cl)C(Cl)=C(Cl)C(Cl)=C1Cl. The minimum Gasteiger partial charge on any atom is -0.481 e. The zero-order chi connectivity index (χ0) is 12.0. The van der Waals surface area contributed by atoms with E-state index in [1.807, 2.05) is 0 Å². The summed E-state index contributed by atoms with van der Waals surface area (Å²) in [5.74, 6) is -2.18. The normalized spacial score (nSPS) is 22.3. The predicted molar refractivity (Wildman–Crippen MR) is 62.8 cm³/mol. The number of aliphatic carboxylic acids is 1. The summed E-state index contributed by atoms with van der Waals surface area (Å²) in [4.78, 5) is 9.30. The molecule has 0 aromatic carbocycles. The van der Waals surface area contributed by atoms with Gasteiger partial charge in [0.15, 0.2) is 0 Å². The van der Waals surface area contributed by atoms with Crippen LogP contribution in [0.5, 0.6) is 0 Å². The van der Waals surface area contributed by atoms with E-state index in [0.29, 0.717) is 0 Å². The maximum atomic E-state index is 10.9. The standard InChI is InChI=1S/C8H5Cl5O2/c1-2(7(14)15)8(13)5(11)3(9)4(10)6(8)12/h2H,1H3,(H,14,15). The first-order valence-electron chi connectivity index (χ1n) is 3.78. The lowest BCUT2D eigenvalue weighted by Crippen LogP contribution is -2.35. The molecule has 0 radical (unpaired) electrons. The van der Waals surface area contributed by atoms with Crippen molar-refractivity contribution < 1.29 is 9.90 Å². The van der Waals surface area contributed by atoms with Gasteiger partial charge in [-0.05, 0) is 6.92 Å². The maximum Gasteiger partial charge on any atom is 0.308 e. The number of allylic oxidation sites excluding steroid dienone is 4. The van der Waals surface area contributed by atoms with E-state index in [1.165, 1.54) is 6.92 Å². The maximum absolute atomic E-state index is 10.9. The lowest BCUT2D eigenvalue weighted by molar-refractivity contribution is -0.141. The van der Waals surface area contributed by atoms with Gasteiger partial charge in [-0.25, -0.2) is 0 Å². The Morgan fingerprint density at radius 1 is 1.20 bits per heavy atom. The Morgan fingerprint density at radius 2 is 1.53 bits per heavy atom. The van der Waals surface area contributed by atoms with Crippen LogP contribution in [0.4, 0.5) is 0 Å². The minimum atomic E-state index is -1.57. The molecule has 1 aliphatic carbocycles. The molecule has 0 aromatic heterocycles. The third-order valence-corrected chi connectivity index (χ3v) is 5.10. The van der Waals surface area contributed by atoms with Crippen LogP contribution in [0.1, 0.15) is 6.92 Å². The number of carboxylic acid groups (broad SMARTS) is 1. The van der Waals surface area contributed by atoms with Crippen LogP contribution in [-0.2, 0) is 4.79 Å². The van der Waals surface area contributed by atoms with Gasteiger partial charge in [0, 0.05) is 0 Å². The number of hydrogen-bond acceptors (Lipinski definition) is 1. The highest BCUT2D eigenvalue weighted by atomic mass is 35.5. The topological polar surface area (TPSA) is 37.3 Å². The summed E-state index contributed by atoms with van der Waals surface area (Å²) < 4.78 is 0. The molecule has 84 valence electrons. The number of hydrogen-bond donors (Lipinski definition) is 1. The molecule has 1 N–H and O–H groups in total. The average molecular weight is 310 g/mol. The molecule has 7 heteroatoms. The van der Waals surface area contributed by atoms with E-state index < -0.39 is 16.8 Å². The monoisotopic (exact) mass is 308 g/mol. The van der Waals surface area contributed by atoms with Gasteiger partial charge >= 0.3 is 5.97 Å². The number of halogens is 5. The second kappa shape index (κ2) is 4.34. The van der Waals surface area contributed by atoms with E-state index in [2.05, 4.69) is 0 Å². The Morgan fingerprint density at radius 3 is 1.80 bits per heavy atom. The molecule has 15 heavy (non-hydrogen) atoms. The van der Waals surface area contributed by atoms with Gasteiger partial charge in [0.25, 0.3) is 0 Å². The van der Waals surface area contributed by atoms with Crippen LogP contribution in [0.3, 0.4) is 0 Å². The number of alkyl halides is 1. The van der Waals surface area contributed by atoms with Crippen molar-refractivity contribution in [2.75, 3.05) is 0 Å². The Kier molecular flexibility index (Phi) is 3.90. The quantitative estimate of drug-likeness (QED) is 0.780. The molecule has 1 aliphatic rings. The van der Waals surface area contributed by atoms with Crippen LogP contribution in [0.2, 0.25) is 0 Å². The first kappa shape index (κ1) is 13.5. The van der Waals surface area contributed by atoms with Crippen molar-refractivity contribution >= 4 is 64.0 Å². The molecule has 0 spiro atoms. The molecule has 1 atom stereocenters. The highest BCUT2D eigenvalue weighted by molar-refractivity contribution is 6.58. The van der Waals surface area contributed by atoms with E-state index in [0.717, 1.165) is 0 Å². The number of carboxylic acids is 1. The molecule has 0 fully saturated rings. The highest BCUT2D eigenvalue weighted by Crippen LogP contribution is 2.55. The Labute approximate surface area is 111 Å². The van der Waals surface area contributed by atoms with E-state index in [1.54, 1.807) is 0 Å². The van der Waals surface area contributed by atoms with E-state index in [4.69, 9.17) is 63.1 Å². The second-order valence-electron chi connectivity index (χ2n) is 3.03. The number of rotatable bonds is 2. The van der Waals surface area contributed by atoms with Crippen LogP contribution < -0.4 is 0 Å². The molecular formula is C8H5Cl5O2. The summed E-state index contributed by atoms with van der Waals surface area (Å²) >= 11 is 29.2. The zero-order valence-electron chi connectivity index (χ0n) is 7.32. The molecular weight excluding hydrogens is 305 g/mol. The molecule has 0 saturated heterocycles. The molecule has 0 bridgehead atoms. The summed E-state index contributed by atoms with van der Waals surface area (Å²) in [7, 11) is 0. The summed E-state index contributed by atoms with van der Waals surface area (Å²) in [6.07, 6.45) is 0. The van der Waals surface area contributed by atoms with Gasteiger partial charge in [0.1, 0.15) is 4.87 Å².